The molecule has 27 heavy (non-hydrogen) atoms. The highest BCUT2D eigenvalue weighted by molar-refractivity contribution is 7.07. The average molecular weight is 382 g/mol. The normalized spacial score (nSPS) is 12.0. The highest BCUT2D eigenvalue weighted by Gasteiger charge is 2.11. The fraction of sp³-hybridized carbons (Fsp3) is 0.158. The molecule has 7 nitrogen and oxygen atoms in total. The summed E-state index contributed by atoms with van der Waals surface area (Å²) in [7, 11) is 0. The summed E-state index contributed by atoms with van der Waals surface area (Å²) in [6.07, 6.45) is 1.44. The number of thiazole rings is 1. The molecule has 3 rings (SSSR count). The fourth-order valence-corrected chi connectivity index (χ4v) is 3.11. The number of hydrogen-bond donors (Lipinski definition) is 0. The van der Waals surface area contributed by atoms with E-state index in [1.165, 1.54) is 35.2 Å². The second-order valence-electron chi connectivity index (χ2n) is 6.03. The Kier molecular flexibility index (Phi) is 5.46. The van der Waals surface area contributed by atoms with Gasteiger partial charge in [-0.1, -0.05) is 42.0 Å². The minimum absolute atomic E-state index is 0.293. The molecule has 8 heteroatoms. The maximum atomic E-state index is 10.8. The quantitative estimate of drug-likeness (QED) is 0.274. The summed E-state index contributed by atoms with van der Waals surface area (Å²) in [4.78, 5) is 15.4. The summed E-state index contributed by atoms with van der Waals surface area (Å²) in [5.74, 6) is -0.0289. The van der Waals surface area contributed by atoms with E-state index < -0.39 is 4.92 Å². The first kappa shape index (κ1) is 18.5. The minimum atomic E-state index is -0.583. The smallest absolute Gasteiger partial charge is 0.400 e. The molecular weight excluding hydrogens is 364 g/mol. The molecule has 0 bridgehead atoms. The van der Waals surface area contributed by atoms with Crippen LogP contribution in [0.3, 0.4) is 0 Å². The van der Waals surface area contributed by atoms with E-state index >= 15 is 0 Å². The molecule has 0 saturated carbocycles. The SMILES string of the molecule is C=C(C)CN=c1scc(-c2ccc(C)cc2)n1N=Cc1ccc([N+](=O)[O-])o1. The molecule has 0 fully saturated rings. The number of benzene rings is 1. The number of aromatic nitrogens is 1. The van der Waals surface area contributed by atoms with Crippen LogP contribution in [0.25, 0.3) is 11.3 Å². The summed E-state index contributed by atoms with van der Waals surface area (Å²) >= 11 is 1.47. The van der Waals surface area contributed by atoms with Gasteiger partial charge in [0.05, 0.1) is 24.5 Å². The highest BCUT2D eigenvalue weighted by atomic mass is 32.1. The first-order chi connectivity index (χ1) is 12.9. The molecule has 138 valence electrons. The van der Waals surface area contributed by atoms with E-state index in [9.17, 15) is 10.1 Å². The first-order valence-corrected chi connectivity index (χ1v) is 9.03. The lowest BCUT2D eigenvalue weighted by Gasteiger charge is -2.04. The Morgan fingerprint density at radius 3 is 2.70 bits per heavy atom. The van der Waals surface area contributed by atoms with Crippen LogP contribution in [0.5, 0.6) is 0 Å². The molecule has 0 unspecified atom stereocenters. The summed E-state index contributed by atoms with van der Waals surface area (Å²) < 4.78 is 6.84. The molecule has 0 aliphatic heterocycles. The molecule has 0 spiro atoms. The van der Waals surface area contributed by atoms with Gasteiger partial charge in [-0.15, -0.1) is 11.3 Å². The van der Waals surface area contributed by atoms with Gasteiger partial charge in [-0.25, -0.2) is 4.68 Å². The minimum Gasteiger partial charge on any atom is -0.400 e. The van der Waals surface area contributed by atoms with E-state index in [4.69, 9.17) is 4.42 Å². The first-order valence-electron chi connectivity index (χ1n) is 8.15. The largest absolute Gasteiger partial charge is 0.433 e. The molecule has 1 aromatic carbocycles. The molecule has 0 saturated heterocycles. The Labute approximate surface area is 159 Å². The molecule has 3 aromatic rings. The Hall–Kier alpha value is -3.26. The summed E-state index contributed by atoms with van der Waals surface area (Å²) in [5, 5.41) is 17.2. The Balaban J connectivity index is 2.03. The average Bonchev–Trinajstić information content (AvgIpc) is 3.26. The summed E-state index contributed by atoms with van der Waals surface area (Å²) in [6.45, 7) is 8.31. The third kappa shape index (κ3) is 4.48. The van der Waals surface area contributed by atoms with Crippen LogP contribution < -0.4 is 4.80 Å². The third-order valence-corrected chi connectivity index (χ3v) is 4.46. The van der Waals surface area contributed by atoms with E-state index in [-0.39, 0.29) is 5.88 Å². The van der Waals surface area contributed by atoms with Crippen molar-refractivity contribution in [3.05, 3.63) is 80.2 Å². The fourth-order valence-electron chi connectivity index (χ4n) is 2.27. The van der Waals surface area contributed by atoms with Gasteiger partial charge in [0.25, 0.3) is 0 Å². The second-order valence-corrected chi connectivity index (χ2v) is 6.87. The van der Waals surface area contributed by atoms with Gasteiger partial charge in [0.1, 0.15) is 4.92 Å². The van der Waals surface area contributed by atoms with Crippen LogP contribution in [0.15, 0.2) is 68.4 Å². The van der Waals surface area contributed by atoms with E-state index in [1.807, 2.05) is 43.5 Å². The van der Waals surface area contributed by atoms with E-state index in [2.05, 4.69) is 16.7 Å². The standard InChI is InChI=1S/C19H18N4O3S/c1-13(2)10-20-19-22(21-11-16-8-9-18(26-16)23(24)25)17(12-27-19)15-6-4-14(3)5-7-15/h4-9,11-12H,1,10H2,2-3H3. The van der Waals surface area contributed by atoms with Crippen molar-refractivity contribution in [2.24, 2.45) is 10.1 Å². The molecule has 0 amide bonds. The predicted molar refractivity (Wildman–Crippen MR) is 106 cm³/mol. The van der Waals surface area contributed by atoms with Crippen molar-refractivity contribution in [3.8, 4) is 11.3 Å². The summed E-state index contributed by atoms with van der Waals surface area (Å²) in [5.41, 5.74) is 3.98. The lowest BCUT2D eigenvalue weighted by molar-refractivity contribution is -0.402. The van der Waals surface area contributed by atoms with Gasteiger partial charge < -0.3 is 4.42 Å². The van der Waals surface area contributed by atoms with Crippen LogP contribution in [0.2, 0.25) is 0 Å². The van der Waals surface area contributed by atoms with Crippen LogP contribution in [-0.2, 0) is 0 Å². The zero-order valence-corrected chi connectivity index (χ0v) is 15.8. The molecule has 2 aromatic heterocycles. The number of hydrogen-bond acceptors (Lipinski definition) is 6. The van der Waals surface area contributed by atoms with Gasteiger partial charge in [0, 0.05) is 10.9 Å². The molecule has 0 atom stereocenters. The summed E-state index contributed by atoms with van der Waals surface area (Å²) in [6, 6.07) is 10.9. The van der Waals surface area contributed by atoms with Crippen LogP contribution in [0.1, 0.15) is 18.2 Å². The van der Waals surface area contributed by atoms with Gasteiger partial charge in [-0.2, -0.15) is 5.10 Å². The van der Waals surface area contributed by atoms with Crippen molar-refractivity contribution < 1.29 is 9.34 Å². The molecule has 0 N–H and O–H groups in total. The Morgan fingerprint density at radius 1 is 1.33 bits per heavy atom. The lowest BCUT2D eigenvalue weighted by atomic mass is 10.1. The number of furan rings is 1. The second kappa shape index (κ2) is 7.96. The number of nitro groups is 1. The Morgan fingerprint density at radius 2 is 2.07 bits per heavy atom. The maximum absolute atomic E-state index is 10.8. The lowest BCUT2D eigenvalue weighted by Crippen LogP contribution is -2.12. The van der Waals surface area contributed by atoms with Crippen LogP contribution >= 0.6 is 11.3 Å². The number of nitrogens with zero attached hydrogens (tertiary/aromatic N) is 4. The van der Waals surface area contributed by atoms with Gasteiger partial charge in [-0.05, 0) is 19.9 Å². The van der Waals surface area contributed by atoms with Crippen LogP contribution in [0.4, 0.5) is 5.88 Å². The van der Waals surface area contributed by atoms with Crippen molar-refractivity contribution in [1.29, 1.82) is 0 Å². The van der Waals surface area contributed by atoms with Crippen molar-refractivity contribution in [2.45, 2.75) is 13.8 Å². The zero-order valence-electron chi connectivity index (χ0n) is 15.0. The van der Waals surface area contributed by atoms with Gasteiger partial charge in [0.15, 0.2) is 5.76 Å². The van der Waals surface area contributed by atoms with Crippen molar-refractivity contribution in [2.75, 3.05) is 6.54 Å². The molecule has 0 aliphatic carbocycles. The monoisotopic (exact) mass is 382 g/mol. The predicted octanol–water partition coefficient (Wildman–Crippen LogP) is 4.39. The van der Waals surface area contributed by atoms with Crippen molar-refractivity contribution in [3.63, 3.8) is 0 Å². The van der Waals surface area contributed by atoms with Gasteiger partial charge in [-0.3, -0.25) is 15.1 Å². The molecule has 0 radical (unpaired) electrons. The molecule has 2 heterocycles. The van der Waals surface area contributed by atoms with E-state index in [0.29, 0.717) is 17.1 Å². The van der Waals surface area contributed by atoms with Crippen LogP contribution in [-0.4, -0.2) is 22.4 Å². The Bertz CT molecular complexity index is 1070. The van der Waals surface area contributed by atoms with E-state index in [0.717, 1.165) is 16.8 Å². The third-order valence-electron chi connectivity index (χ3n) is 3.61. The number of rotatable bonds is 6. The van der Waals surface area contributed by atoms with Gasteiger partial charge in [0.2, 0.25) is 4.80 Å². The highest BCUT2D eigenvalue weighted by Crippen LogP contribution is 2.21. The maximum Gasteiger partial charge on any atom is 0.433 e. The zero-order chi connectivity index (χ0) is 19.4. The molecular formula is C19H18N4O3S. The van der Waals surface area contributed by atoms with Crippen molar-refractivity contribution in [1.82, 2.24) is 4.68 Å². The topological polar surface area (TPSA) is 85.9 Å². The van der Waals surface area contributed by atoms with Crippen LogP contribution in [0, 0.1) is 17.0 Å². The van der Waals surface area contributed by atoms with Gasteiger partial charge >= 0.3 is 5.88 Å². The van der Waals surface area contributed by atoms with Crippen molar-refractivity contribution >= 4 is 23.4 Å². The number of aryl methyl sites for hydroxylation is 1. The van der Waals surface area contributed by atoms with E-state index in [1.54, 1.807) is 4.68 Å². The molecule has 0 aliphatic rings.